The van der Waals surface area contributed by atoms with E-state index in [1.54, 1.807) is 42.5 Å². The van der Waals surface area contributed by atoms with Crippen LogP contribution in [0.3, 0.4) is 0 Å². The molecule has 27 heavy (non-hydrogen) atoms. The molecule has 3 aromatic rings. The highest BCUT2D eigenvalue weighted by Gasteiger charge is 2.13. The third kappa shape index (κ3) is 4.71. The van der Waals surface area contributed by atoms with E-state index in [1.807, 2.05) is 0 Å². The van der Waals surface area contributed by atoms with Crippen molar-refractivity contribution < 1.29 is 18.4 Å². The molecule has 1 aromatic heterocycles. The Balaban J connectivity index is 1.51. The van der Waals surface area contributed by atoms with Crippen molar-refractivity contribution in [1.82, 2.24) is 15.8 Å². The second kappa shape index (κ2) is 8.46. The molecule has 2 amide bonds. The first kappa shape index (κ1) is 18.6. The Bertz CT molecular complexity index is 974. The number of oxazole rings is 1. The summed E-state index contributed by atoms with van der Waals surface area (Å²) in [7, 11) is 0. The molecule has 2 N–H and O–H groups in total. The van der Waals surface area contributed by atoms with Crippen LogP contribution in [0.2, 0.25) is 5.02 Å². The maximum absolute atomic E-state index is 13.7. The average Bonchev–Trinajstić information content (AvgIpc) is 3.14. The van der Waals surface area contributed by atoms with E-state index in [1.165, 1.54) is 12.3 Å². The van der Waals surface area contributed by atoms with Crippen LogP contribution < -0.4 is 10.9 Å². The number of nitrogens with zero attached hydrogens (tertiary/aromatic N) is 1. The second-order valence-corrected chi connectivity index (χ2v) is 5.99. The van der Waals surface area contributed by atoms with Crippen molar-refractivity contribution in [2.45, 2.75) is 12.8 Å². The van der Waals surface area contributed by atoms with Crippen LogP contribution in [0.1, 0.15) is 22.7 Å². The predicted molar refractivity (Wildman–Crippen MR) is 97.3 cm³/mol. The van der Waals surface area contributed by atoms with E-state index < -0.39 is 17.6 Å². The normalized spacial score (nSPS) is 10.4. The molecule has 138 valence electrons. The van der Waals surface area contributed by atoms with E-state index >= 15 is 0 Å². The van der Waals surface area contributed by atoms with Gasteiger partial charge in [-0.15, -0.1) is 0 Å². The standard InChI is InChI=1S/C19H15ClFN3O3/c20-14-7-3-1-5-12(14)19(26)24-23-17(25)9-10-18-22-11-16(27-18)13-6-2-4-8-15(13)21/h1-8,11H,9-10H2,(H,23,25)(H,24,26). The number of carbonyl (C=O) groups is 2. The lowest BCUT2D eigenvalue weighted by Gasteiger charge is -2.07. The van der Waals surface area contributed by atoms with Gasteiger partial charge < -0.3 is 4.42 Å². The summed E-state index contributed by atoms with van der Waals surface area (Å²) >= 11 is 5.92. The molecule has 8 heteroatoms. The van der Waals surface area contributed by atoms with Gasteiger partial charge in [-0.3, -0.25) is 20.4 Å². The van der Waals surface area contributed by atoms with Gasteiger partial charge in [-0.25, -0.2) is 9.37 Å². The van der Waals surface area contributed by atoms with Gasteiger partial charge in [0.25, 0.3) is 5.91 Å². The monoisotopic (exact) mass is 387 g/mol. The number of nitrogens with one attached hydrogen (secondary N) is 2. The smallest absolute Gasteiger partial charge is 0.271 e. The fourth-order valence-electron chi connectivity index (χ4n) is 2.33. The maximum atomic E-state index is 13.7. The molecular weight excluding hydrogens is 373 g/mol. The summed E-state index contributed by atoms with van der Waals surface area (Å²) in [6.45, 7) is 0. The van der Waals surface area contributed by atoms with Crippen LogP contribution in [0.5, 0.6) is 0 Å². The molecule has 1 heterocycles. The van der Waals surface area contributed by atoms with Gasteiger partial charge in [0.2, 0.25) is 5.91 Å². The fraction of sp³-hybridized carbons (Fsp3) is 0.105. The maximum Gasteiger partial charge on any atom is 0.271 e. The number of aryl methyl sites for hydroxylation is 1. The molecule has 3 rings (SSSR count). The average molecular weight is 388 g/mol. The van der Waals surface area contributed by atoms with Gasteiger partial charge in [0.05, 0.1) is 22.3 Å². The number of benzene rings is 2. The molecule has 0 radical (unpaired) electrons. The Labute approximate surface area is 159 Å². The summed E-state index contributed by atoms with van der Waals surface area (Å²) in [6.07, 6.45) is 1.63. The lowest BCUT2D eigenvalue weighted by molar-refractivity contribution is -0.121. The van der Waals surface area contributed by atoms with Crippen LogP contribution in [0.4, 0.5) is 4.39 Å². The topological polar surface area (TPSA) is 84.2 Å². The first-order valence-corrected chi connectivity index (χ1v) is 8.45. The first-order valence-electron chi connectivity index (χ1n) is 8.08. The Morgan fingerprint density at radius 2 is 1.81 bits per heavy atom. The highest BCUT2D eigenvalue weighted by atomic mass is 35.5. The number of rotatable bonds is 5. The molecule has 0 fully saturated rings. The van der Waals surface area contributed by atoms with Crippen molar-refractivity contribution in [3.05, 3.63) is 77.0 Å². The summed E-state index contributed by atoms with van der Waals surface area (Å²) < 4.78 is 19.2. The minimum atomic E-state index is -0.521. The summed E-state index contributed by atoms with van der Waals surface area (Å²) in [5.41, 5.74) is 5.14. The van der Waals surface area contributed by atoms with E-state index in [0.717, 1.165) is 0 Å². The van der Waals surface area contributed by atoms with E-state index in [-0.39, 0.29) is 29.2 Å². The molecule has 6 nitrogen and oxygen atoms in total. The predicted octanol–water partition coefficient (Wildman–Crippen LogP) is 3.53. The molecule has 0 bridgehead atoms. The second-order valence-electron chi connectivity index (χ2n) is 5.58. The number of hydrogen-bond donors (Lipinski definition) is 2. The number of aromatic nitrogens is 1. The lowest BCUT2D eigenvalue weighted by Crippen LogP contribution is -2.41. The molecule has 0 spiro atoms. The van der Waals surface area contributed by atoms with Crippen LogP contribution in [-0.4, -0.2) is 16.8 Å². The summed E-state index contributed by atoms with van der Waals surface area (Å²) in [5.74, 6) is -0.787. The van der Waals surface area contributed by atoms with Crippen LogP contribution in [0.15, 0.2) is 59.1 Å². The van der Waals surface area contributed by atoms with Crippen molar-refractivity contribution >= 4 is 23.4 Å². The number of hydrazine groups is 1. The highest BCUT2D eigenvalue weighted by molar-refractivity contribution is 6.33. The minimum absolute atomic E-state index is 0.0278. The number of halogens is 2. The SMILES string of the molecule is O=C(CCc1ncc(-c2ccccc2F)o1)NNC(=O)c1ccccc1Cl. The van der Waals surface area contributed by atoms with Gasteiger partial charge in [0, 0.05) is 12.8 Å². The molecule has 0 saturated heterocycles. The van der Waals surface area contributed by atoms with E-state index in [2.05, 4.69) is 15.8 Å². The molecule has 0 aliphatic rings. The van der Waals surface area contributed by atoms with Crippen molar-refractivity contribution in [3.63, 3.8) is 0 Å². The molecule has 0 saturated carbocycles. The van der Waals surface area contributed by atoms with Crippen molar-refractivity contribution in [2.24, 2.45) is 0 Å². The molecule has 0 aliphatic carbocycles. The van der Waals surface area contributed by atoms with Gasteiger partial charge in [-0.05, 0) is 24.3 Å². The van der Waals surface area contributed by atoms with Crippen LogP contribution in [-0.2, 0) is 11.2 Å². The van der Waals surface area contributed by atoms with Crippen LogP contribution in [0.25, 0.3) is 11.3 Å². The fourth-order valence-corrected chi connectivity index (χ4v) is 2.56. The number of amides is 2. The Hall–Kier alpha value is -3.19. The lowest BCUT2D eigenvalue weighted by atomic mass is 10.2. The minimum Gasteiger partial charge on any atom is -0.441 e. The Morgan fingerprint density at radius 1 is 1.07 bits per heavy atom. The van der Waals surface area contributed by atoms with Gasteiger partial charge in [0.15, 0.2) is 11.7 Å². The van der Waals surface area contributed by atoms with E-state index in [9.17, 15) is 14.0 Å². The van der Waals surface area contributed by atoms with Gasteiger partial charge in [0.1, 0.15) is 5.82 Å². The van der Waals surface area contributed by atoms with E-state index in [0.29, 0.717) is 11.5 Å². The summed E-state index contributed by atoms with van der Waals surface area (Å²) in [4.78, 5) is 27.9. The zero-order chi connectivity index (χ0) is 19.2. The first-order chi connectivity index (χ1) is 13.0. The molecular formula is C19H15ClFN3O3. The van der Waals surface area contributed by atoms with E-state index in [4.69, 9.17) is 16.0 Å². The largest absolute Gasteiger partial charge is 0.441 e. The van der Waals surface area contributed by atoms with Crippen LogP contribution >= 0.6 is 11.6 Å². The zero-order valence-corrected chi connectivity index (χ0v) is 14.8. The van der Waals surface area contributed by atoms with Crippen molar-refractivity contribution in [3.8, 4) is 11.3 Å². The number of hydrogen-bond acceptors (Lipinski definition) is 4. The molecule has 0 atom stereocenters. The highest BCUT2D eigenvalue weighted by Crippen LogP contribution is 2.23. The molecule has 2 aromatic carbocycles. The third-order valence-corrected chi connectivity index (χ3v) is 4.02. The molecule has 0 unspecified atom stereocenters. The quantitative estimate of drug-likeness (QED) is 0.656. The summed E-state index contributed by atoms with van der Waals surface area (Å²) in [6, 6.07) is 12.7. The summed E-state index contributed by atoms with van der Waals surface area (Å²) in [5, 5.41) is 0.282. The van der Waals surface area contributed by atoms with Gasteiger partial charge in [-0.2, -0.15) is 0 Å². The van der Waals surface area contributed by atoms with Crippen molar-refractivity contribution in [2.75, 3.05) is 0 Å². The van der Waals surface area contributed by atoms with Gasteiger partial charge >= 0.3 is 0 Å². The Morgan fingerprint density at radius 3 is 2.59 bits per heavy atom. The Kier molecular flexibility index (Phi) is 5.83. The number of carbonyl (C=O) groups excluding carboxylic acids is 2. The zero-order valence-electron chi connectivity index (χ0n) is 14.0. The molecule has 0 aliphatic heterocycles. The van der Waals surface area contributed by atoms with Gasteiger partial charge in [-0.1, -0.05) is 35.9 Å². The van der Waals surface area contributed by atoms with Crippen LogP contribution in [0, 0.1) is 5.82 Å². The van der Waals surface area contributed by atoms with Crippen molar-refractivity contribution in [1.29, 1.82) is 0 Å². The third-order valence-electron chi connectivity index (χ3n) is 3.69.